The van der Waals surface area contributed by atoms with E-state index in [2.05, 4.69) is 27.3 Å². The number of carbonyl (C=O) groups is 1. The molecule has 2 saturated carbocycles. The van der Waals surface area contributed by atoms with Gasteiger partial charge in [0.2, 0.25) is 5.91 Å². The highest BCUT2D eigenvalue weighted by Gasteiger charge is 2.40. The van der Waals surface area contributed by atoms with Gasteiger partial charge in [-0.2, -0.15) is 0 Å². The monoisotopic (exact) mass is 367 g/mol. The van der Waals surface area contributed by atoms with Crippen LogP contribution in [0.3, 0.4) is 0 Å². The maximum Gasteiger partial charge on any atom is 0.228 e. The molecule has 4 rings (SSSR count). The number of anilines is 1. The lowest BCUT2D eigenvalue weighted by Gasteiger charge is -2.24. The number of alkyl halides is 1. The lowest BCUT2D eigenvalue weighted by molar-refractivity contribution is -0.115. The number of fused-ring (bicyclic) bond motifs is 3. The van der Waals surface area contributed by atoms with Crippen molar-refractivity contribution in [3.05, 3.63) is 28.3 Å². The molecule has 1 aromatic rings. The number of carbonyl (C=O) groups excluding carboxylic acids is 1. The van der Waals surface area contributed by atoms with Crippen LogP contribution in [-0.2, 0) is 11.2 Å². The van der Waals surface area contributed by atoms with Crippen LogP contribution in [0, 0.1) is 17.8 Å². The van der Waals surface area contributed by atoms with Gasteiger partial charge in [0, 0.05) is 15.5 Å². The Labute approximate surface area is 138 Å². The van der Waals surface area contributed by atoms with Crippen LogP contribution in [0.2, 0.25) is 5.02 Å². The molecule has 0 saturated heterocycles. The van der Waals surface area contributed by atoms with Gasteiger partial charge in [0.1, 0.15) is 0 Å². The zero-order valence-corrected chi connectivity index (χ0v) is 14.2. The van der Waals surface area contributed by atoms with Crippen molar-refractivity contribution >= 4 is 39.1 Å². The Balaban J connectivity index is 1.53. The van der Waals surface area contributed by atoms with Gasteiger partial charge in [0.05, 0.1) is 6.42 Å². The molecule has 0 spiro atoms. The Kier molecular flexibility index (Phi) is 3.54. The van der Waals surface area contributed by atoms with Crippen molar-refractivity contribution in [1.29, 1.82) is 0 Å². The summed E-state index contributed by atoms with van der Waals surface area (Å²) in [5.74, 6) is 2.83. The van der Waals surface area contributed by atoms with Gasteiger partial charge in [-0.25, -0.2) is 0 Å². The summed E-state index contributed by atoms with van der Waals surface area (Å²) in [6.45, 7) is 0. The molecule has 1 amide bonds. The topological polar surface area (TPSA) is 29.1 Å². The first kappa shape index (κ1) is 14.1. The summed E-state index contributed by atoms with van der Waals surface area (Å²) in [6, 6.07) is 4.02. The number of hydrogen-bond acceptors (Lipinski definition) is 1. The average Bonchev–Trinajstić information content (AvgIpc) is 3.11. The molecule has 3 aliphatic rings. The quantitative estimate of drug-likeness (QED) is 0.739. The van der Waals surface area contributed by atoms with Crippen LogP contribution >= 0.6 is 27.5 Å². The summed E-state index contributed by atoms with van der Waals surface area (Å²) >= 11 is 10.3. The molecule has 2 fully saturated rings. The predicted octanol–water partition coefficient (Wildman–Crippen LogP) is 5.10. The molecule has 0 aromatic heterocycles. The maximum atomic E-state index is 11.5. The van der Waals surface area contributed by atoms with Crippen LogP contribution in [0.15, 0.2) is 12.1 Å². The lowest BCUT2D eigenvalue weighted by Crippen LogP contribution is -2.12. The molecule has 4 heteroatoms. The molecule has 4 unspecified atom stereocenters. The molecule has 4 atom stereocenters. The number of benzene rings is 1. The minimum Gasteiger partial charge on any atom is -0.325 e. The minimum atomic E-state index is 0.0671. The molecule has 1 N–H and O–H groups in total. The van der Waals surface area contributed by atoms with E-state index in [-0.39, 0.29) is 5.91 Å². The Morgan fingerprint density at radius 3 is 2.90 bits per heavy atom. The van der Waals surface area contributed by atoms with Crippen LogP contribution in [-0.4, -0.2) is 5.91 Å². The highest BCUT2D eigenvalue weighted by Crippen LogP contribution is 2.52. The average molecular weight is 369 g/mol. The first-order chi connectivity index (χ1) is 10.1. The normalized spacial score (nSPS) is 31.3. The molecule has 1 aliphatic heterocycles. The first-order valence-corrected chi connectivity index (χ1v) is 9.15. The molecule has 1 heterocycles. The van der Waals surface area contributed by atoms with Gasteiger partial charge < -0.3 is 5.32 Å². The Morgan fingerprint density at radius 1 is 1.33 bits per heavy atom. The summed E-state index contributed by atoms with van der Waals surface area (Å²) in [6.07, 6.45) is 7.36. The van der Waals surface area contributed by atoms with Gasteiger partial charge in [-0.3, -0.25) is 4.79 Å². The summed E-state index contributed by atoms with van der Waals surface area (Å²) in [4.78, 5) is 11.8. The molecule has 2 aliphatic carbocycles. The highest BCUT2D eigenvalue weighted by atomic mass is 79.9. The molecular weight excluding hydrogens is 350 g/mol. The van der Waals surface area contributed by atoms with E-state index < -0.39 is 0 Å². The van der Waals surface area contributed by atoms with Crippen LogP contribution in [0.1, 0.15) is 48.1 Å². The number of amides is 1. The van der Waals surface area contributed by atoms with Gasteiger partial charge in [-0.05, 0) is 60.6 Å². The van der Waals surface area contributed by atoms with E-state index in [0.717, 1.165) is 39.6 Å². The number of nitrogens with one attached hydrogen (secondary N) is 1. The molecule has 2 bridgehead atoms. The SMILES string of the molecule is O=C1Cc2cc(C(Br)CC3CC4CCC3C4)c(Cl)cc2N1. The smallest absolute Gasteiger partial charge is 0.228 e. The zero-order chi connectivity index (χ0) is 14.6. The van der Waals surface area contributed by atoms with E-state index >= 15 is 0 Å². The highest BCUT2D eigenvalue weighted by molar-refractivity contribution is 9.09. The van der Waals surface area contributed by atoms with E-state index in [1.807, 2.05) is 6.07 Å². The second kappa shape index (κ2) is 5.27. The largest absolute Gasteiger partial charge is 0.325 e. The fourth-order valence-corrected chi connectivity index (χ4v) is 5.85. The van der Waals surface area contributed by atoms with Crippen LogP contribution in [0.5, 0.6) is 0 Å². The van der Waals surface area contributed by atoms with Crippen molar-refractivity contribution in [1.82, 2.24) is 0 Å². The Bertz CT molecular complexity index is 603. The van der Waals surface area contributed by atoms with Crippen molar-refractivity contribution in [2.75, 3.05) is 5.32 Å². The van der Waals surface area contributed by atoms with Crippen LogP contribution in [0.4, 0.5) is 5.69 Å². The van der Waals surface area contributed by atoms with Gasteiger partial charge in [0.25, 0.3) is 0 Å². The van der Waals surface area contributed by atoms with Gasteiger partial charge in [0.15, 0.2) is 0 Å². The molecule has 1 aromatic carbocycles. The number of hydrogen-bond donors (Lipinski definition) is 1. The fourth-order valence-electron chi connectivity index (χ4n) is 4.57. The lowest BCUT2D eigenvalue weighted by atomic mass is 9.84. The standard InChI is InChI=1S/C17H19BrClNO/c18-14(6-11-4-9-1-2-10(11)3-9)13-5-12-7-17(21)20-16(12)8-15(13)19/h5,8-11,14H,1-4,6-7H2,(H,20,21). The van der Waals surface area contributed by atoms with Crippen LogP contribution in [0.25, 0.3) is 0 Å². The van der Waals surface area contributed by atoms with E-state index in [1.54, 1.807) is 0 Å². The maximum absolute atomic E-state index is 11.5. The third-order valence-electron chi connectivity index (χ3n) is 5.58. The minimum absolute atomic E-state index is 0.0671. The predicted molar refractivity (Wildman–Crippen MR) is 89.0 cm³/mol. The van der Waals surface area contributed by atoms with Crippen molar-refractivity contribution in [2.24, 2.45) is 17.8 Å². The van der Waals surface area contributed by atoms with Crippen molar-refractivity contribution in [3.8, 4) is 0 Å². The summed E-state index contributed by atoms with van der Waals surface area (Å²) in [5.41, 5.74) is 3.11. The molecule has 0 radical (unpaired) electrons. The van der Waals surface area contributed by atoms with Gasteiger partial charge in [-0.1, -0.05) is 40.0 Å². The van der Waals surface area contributed by atoms with E-state index in [0.29, 0.717) is 11.2 Å². The molecule has 2 nitrogen and oxygen atoms in total. The van der Waals surface area contributed by atoms with Crippen molar-refractivity contribution in [2.45, 2.75) is 43.4 Å². The molecule has 112 valence electrons. The third-order valence-corrected chi connectivity index (χ3v) is 6.77. The summed E-state index contributed by atoms with van der Waals surface area (Å²) < 4.78 is 0. The second-order valence-electron chi connectivity index (χ2n) is 6.89. The van der Waals surface area contributed by atoms with Crippen molar-refractivity contribution in [3.63, 3.8) is 0 Å². The van der Waals surface area contributed by atoms with E-state index in [1.165, 1.54) is 32.1 Å². The van der Waals surface area contributed by atoms with Gasteiger partial charge in [-0.15, -0.1) is 0 Å². The van der Waals surface area contributed by atoms with Gasteiger partial charge >= 0.3 is 0 Å². The fraction of sp³-hybridized carbons (Fsp3) is 0.588. The summed E-state index contributed by atoms with van der Waals surface area (Å²) in [5, 5.41) is 3.63. The third kappa shape index (κ3) is 2.53. The zero-order valence-electron chi connectivity index (χ0n) is 11.9. The summed E-state index contributed by atoms with van der Waals surface area (Å²) in [7, 11) is 0. The number of halogens is 2. The second-order valence-corrected chi connectivity index (χ2v) is 8.41. The Hall–Kier alpha value is -0.540. The van der Waals surface area contributed by atoms with E-state index in [4.69, 9.17) is 11.6 Å². The molecule has 21 heavy (non-hydrogen) atoms. The molecular formula is C17H19BrClNO. The van der Waals surface area contributed by atoms with Crippen LogP contribution < -0.4 is 5.32 Å². The van der Waals surface area contributed by atoms with Crippen molar-refractivity contribution < 1.29 is 4.79 Å². The first-order valence-electron chi connectivity index (χ1n) is 7.86. The number of rotatable bonds is 3. The van der Waals surface area contributed by atoms with E-state index in [9.17, 15) is 4.79 Å². The Morgan fingerprint density at radius 2 is 2.19 bits per heavy atom.